The van der Waals surface area contributed by atoms with Crippen LogP contribution in [0.25, 0.3) is 0 Å². The number of nitrogens with two attached hydrogens (primary N) is 1. The minimum atomic E-state index is -0.946. The number of carboxylic acids is 1. The van der Waals surface area contributed by atoms with Gasteiger partial charge in [-0.1, -0.05) is 0 Å². The van der Waals surface area contributed by atoms with Gasteiger partial charge in [0, 0.05) is 4.88 Å². The van der Waals surface area contributed by atoms with Gasteiger partial charge in [0.25, 0.3) is 0 Å². The maximum Gasteiger partial charge on any atom is 0.320 e. The van der Waals surface area contributed by atoms with Gasteiger partial charge in [0.1, 0.15) is 6.04 Å². The Hall–Kier alpha value is -0.870. The molecule has 0 aliphatic carbocycles. The lowest BCUT2D eigenvalue weighted by Gasteiger charge is -2.02. The molecule has 0 bridgehead atoms. The molecule has 0 radical (unpaired) electrons. The Morgan fingerprint density at radius 1 is 1.83 bits per heavy atom. The standard InChI is InChI=1S/C8H11NO2S/c1-5-2-6(4-12-5)3-7(9)8(10)11/h2,4,7H,3,9H2,1H3,(H,10,11)/t7-/m0/s1. The van der Waals surface area contributed by atoms with Crippen LogP contribution in [0.2, 0.25) is 0 Å². The van der Waals surface area contributed by atoms with Crippen molar-refractivity contribution in [3.05, 3.63) is 21.9 Å². The molecular formula is C8H11NO2S. The predicted molar refractivity (Wildman–Crippen MR) is 48.4 cm³/mol. The molecular weight excluding hydrogens is 174 g/mol. The van der Waals surface area contributed by atoms with E-state index in [-0.39, 0.29) is 0 Å². The van der Waals surface area contributed by atoms with Crippen LogP contribution in [0.3, 0.4) is 0 Å². The molecule has 4 heteroatoms. The van der Waals surface area contributed by atoms with Gasteiger partial charge in [-0.2, -0.15) is 0 Å². The highest BCUT2D eigenvalue weighted by Gasteiger charge is 2.12. The van der Waals surface area contributed by atoms with Gasteiger partial charge in [-0.25, -0.2) is 0 Å². The van der Waals surface area contributed by atoms with E-state index in [1.54, 1.807) is 11.3 Å². The summed E-state index contributed by atoms with van der Waals surface area (Å²) in [5.41, 5.74) is 6.37. The summed E-state index contributed by atoms with van der Waals surface area (Å²) in [6.07, 6.45) is 0.416. The highest BCUT2D eigenvalue weighted by Crippen LogP contribution is 2.14. The summed E-state index contributed by atoms with van der Waals surface area (Å²) in [4.78, 5) is 11.6. The number of carbonyl (C=O) groups is 1. The first-order valence-electron chi connectivity index (χ1n) is 3.62. The van der Waals surface area contributed by atoms with Crippen LogP contribution in [0.5, 0.6) is 0 Å². The fourth-order valence-corrected chi connectivity index (χ4v) is 1.67. The molecule has 0 saturated carbocycles. The van der Waals surface area contributed by atoms with Crippen LogP contribution < -0.4 is 5.73 Å². The summed E-state index contributed by atoms with van der Waals surface area (Å²) in [6, 6.07) is 1.19. The van der Waals surface area contributed by atoms with E-state index in [0.717, 1.165) is 5.56 Å². The van der Waals surface area contributed by atoms with Crippen molar-refractivity contribution >= 4 is 17.3 Å². The highest BCUT2D eigenvalue weighted by molar-refractivity contribution is 7.10. The van der Waals surface area contributed by atoms with Crippen LogP contribution in [-0.4, -0.2) is 17.1 Å². The predicted octanol–water partition coefficient (Wildman–Crippen LogP) is 1.01. The summed E-state index contributed by atoms with van der Waals surface area (Å²) >= 11 is 1.61. The highest BCUT2D eigenvalue weighted by atomic mass is 32.1. The summed E-state index contributed by atoms with van der Waals surface area (Å²) < 4.78 is 0. The van der Waals surface area contributed by atoms with Gasteiger partial charge in [-0.3, -0.25) is 4.79 Å². The maximum absolute atomic E-state index is 10.4. The summed E-state index contributed by atoms with van der Waals surface area (Å²) in [6.45, 7) is 1.99. The van der Waals surface area contributed by atoms with Gasteiger partial charge in [-0.15, -0.1) is 11.3 Å². The van der Waals surface area contributed by atoms with E-state index < -0.39 is 12.0 Å². The van der Waals surface area contributed by atoms with Crippen LogP contribution >= 0.6 is 11.3 Å². The van der Waals surface area contributed by atoms with E-state index in [4.69, 9.17) is 10.8 Å². The third-order valence-corrected chi connectivity index (χ3v) is 2.47. The van der Waals surface area contributed by atoms with Crippen LogP contribution in [0, 0.1) is 6.92 Å². The number of thiophene rings is 1. The Morgan fingerprint density at radius 2 is 2.50 bits per heavy atom. The molecule has 0 aromatic carbocycles. The second-order valence-electron chi connectivity index (χ2n) is 2.71. The molecule has 12 heavy (non-hydrogen) atoms. The van der Waals surface area contributed by atoms with Crippen molar-refractivity contribution in [3.63, 3.8) is 0 Å². The number of aryl methyl sites for hydroxylation is 1. The third kappa shape index (κ3) is 2.32. The zero-order valence-electron chi connectivity index (χ0n) is 6.78. The average Bonchev–Trinajstić information content (AvgIpc) is 2.35. The molecule has 0 spiro atoms. The number of hydrogen-bond acceptors (Lipinski definition) is 3. The van der Waals surface area contributed by atoms with E-state index in [1.807, 2.05) is 18.4 Å². The van der Waals surface area contributed by atoms with Crippen molar-refractivity contribution < 1.29 is 9.90 Å². The molecule has 0 unspecified atom stereocenters. The molecule has 1 rings (SSSR count). The quantitative estimate of drug-likeness (QED) is 0.738. The molecule has 3 nitrogen and oxygen atoms in total. The first kappa shape index (κ1) is 9.22. The van der Waals surface area contributed by atoms with Crippen LogP contribution in [0.4, 0.5) is 0 Å². The summed E-state index contributed by atoms with van der Waals surface area (Å²) in [5, 5.41) is 10.5. The van der Waals surface area contributed by atoms with E-state index in [9.17, 15) is 4.79 Å². The first-order valence-corrected chi connectivity index (χ1v) is 4.50. The smallest absolute Gasteiger partial charge is 0.320 e. The number of rotatable bonds is 3. The molecule has 1 atom stereocenters. The molecule has 0 aliphatic rings. The Labute approximate surface area is 74.8 Å². The fraction of sp³-hybridized carbons (Fsp3) is 0.375. The monoisotopic (exact) mass is 185 g/mol. The third-order valence-electron chi connectivity index (χ3n) is 1.56. The van der Waals surface area contributed by atoms with Gasteiger partial charge in [0.15, 0.2) is 0 Å². The van der Waals surface area contributed by atoms with E-state index >= 15 is 0 Å². The van der Waals surface area contributed by atoms with Gasteiger partial charge in [0.05, 0.1) is 0 Å². The Balaban J connectivity index is 2.58. The normalized spacial score (nSPS) is 12.8. The van der Waals surface area contributed by atoms with Crippen molar-refractivity contribution in [2.75, 3.05) is 0 Å². The first-order chi connectivity index (χ1) is 5.59. The van der Waals surface area contributed by atoms with Gasteiger partial charge < -0.3 is 10.8 Å². The van der Waals surface area contributed by atoms with Gasteiger partial charge in [-0.05, 0) is 30.4 Å². The van der Waals surface area contributed by atoms with Crippen molar-refractivity contribution in [1.82, 2.24) is 0 Å². The molecule has 1 aromatic rings. The average molecular weight is 185 g/mol. The van der Waals surface area contributed by atoms with Gasteiger partial charge in [0.2, 0.25) is 0 Å². The number of carboxylic acid groups (broad SMARTS) is 1. The molecule has 0 saturated heterocycles. The lowest BCUT2D eigenvalue weighted by Crippen LogP contribution is -2.32. The molecule has 0 amide bonds. The van der Waals surface area contributed by atoms with E-state index in [1.165, 1.54) is 4.88 Å². The van der Waals surface area contributed by atoms with Crippen LogP contribution in [0.15, 0.2) is 11.4 Å². The Kier molecular flexibility index (Phi) is 2.83. The Bertz CT molecular complexity index is 282. The summed E-state index contributed by atoms with van der Waals surface area (Å²) in [5.74, 6) is -0.946. The van der Waals surface area contributed by atoms with E-state index in [2.05, 4.69) is 0 Å². The fourth-order valence-electron chi connectivity index (χ4n) is 0.946. The molecule has 0 fully saturated rings. The lowest BCUT2D eigenvalue weighted by atomic mass is 10.1. The largest absolute Gasteiger partial charge is 0.480 e. The lowest BCUT2D eigenvalue weighted by molar-refractivity contribution is -0.138. The SMILES string of the molecule is Cc1cc(C[C@H](N)C(=O)O)cs1. The minimum absolute atomic E-state index is 0.416. The number of aliphatic carboxylic acids is 1. The second-order valence-corrected chi connectivity index (χ2v) is 3.83. The zero-order valence-corrected chi connectivity index (χ0v) is 7.60. The number of hydrogen-bond donors (Lipinski definition) is 2. The zero-order chi connectivity index (χ0) is 9.14. The molecule has 1 heterocycles. The van der Waals surface area contributed by atoms with Crippen molar-refractivity contribution in [2.24, 2.45) is 5.73 Å². The molecule has 66 valence electrons. The van der Waals surface area contributed by atoms with E-state index in [0.29, 0.717) is 6.42 Å². The molecule has 3 N–H and O–H groups in total. The Morgan fingerprint density at radius 3 is 2.92 bits per heavy atom. The van der Waals surface area contributed by atoms with Crippen molar-refractivity contribution in [1.29, 1.82) is 0 Å². The second kappa shape index (κ2) is 3.69. The minimum Gasteiger partial charge on any atom is -0.480 e. The molecule has 1 aromatic heterocycles. The van der Waals surface area contributed by atoms with Crippen LogP contribution in [-0.2, 0) is 11.2 Å². The maximum atomic E-state index is 10.4. The van der Waals surface area contributed by atoms with Gasteiger partial charge >= 0.3 is 5.97 Å². The summed E-state index contributed by atoms with van der Waals surface area (Å²) in [7, 11) is 0. The van der Waals surface area contributed by atoms with Crippen molar-refractivity contribution in [2.45, 2.75) is 19.4 Å². The van der Waals surface area contributed by atoms with Crippen LogP contribution in [0.1, 0.15) is 10.4 Å². The topological polar surface area (TPSA) is 63.3 Å². The van der Waals surface area contributed by atoms with Crippen molar-refractivity contribution in [3.8, 4) is 0 Å². The molecule has 0 aliphatic heterocycles.